The SMILES string of the molecule is c1ccc(N(c2ccccc2)c2cc3c(c4c2sc2ccccc24)-c2c(cc(N(c4ccccc4)c4ccccc4)c4c2oc2ccccc24)C32c3ccccc3-c3ccccc32)cc1. The third-order valence-electron chi connectivity index (χ3n) is 13.8. The van der Waals surface area contributed by atoms with E-state index in [4.69, 9.17) is 4.42 Å². The van der Waals surface area contributed by atoms with Crippen LogP contribution in [0.4, 0.5) is 34.1 Å². The molecule has 2 aliphatic carbocycles. The van der Waals surface area contributed by atoms with Crippen molar-refractivity contribution < 1.29 is 4.42 Å². The van der Waals surface area contributed by atoms with Gasteiger partial charge < -0.3 is 14.2 Å². The van der Waals surface area contributed by atoms with Crippen molar-refractivity contribution in [3.8, 4) is 22.3 Å². The quantitative estimate of drug-likeness (QED) is 0.166. The molecule has 0 atom stereocenters. The summed E-state index contributed by atoms with van der Waals surface area (Å²) in [5, 5.41) is 4.70. The van der Waals surface area contributed by atoms with Gasteiger partial charge in [0.05, 0.1) is 26.9 Å². The van der Waals surface area contributed by atoms with Crippen molar-refractivity contribution in [1.29, 1.82) is 0 Å². The Hall–Kier alpha value is -8.18. The van der Waals surface area contributed by atoms with Crippen LogP contribution in [0.25, 0.3) is 64.4 Å². The van der Waals surface area contributed by atoms with Crippen LogP contribution < -0.4 is 9.80 Å². The lowest BCUT2D eigenvalue weighted by Crippen LogP contribution is -2.26. The first kappa shape index (κ1) is 36.3. The topological polar surface area (TPSA) is 19.6 Å². The molecule has 0 saturated heterocycles. The van der Waals surface area contributed by atoms with E-state index in [2.05, 4.69) is 240 Å². The molecule has 2 aliphatic rings. The van der Waals surface area contributed by atoms with Gasteiger partial charge >= 0.3 is 0 Å². The van der Waals surface area contributed by atoms with E-state index in [1.54, 1.807) is 0 Å². The monoisotopic (exact) mass is 846 g/mol. The fourth-order valence-electron chi connectivity index (χ4n) is 11.3. The van der Waals surface area contributed by atoms with Crippen LogP contribution in [0.5, 0.6) is 0 Å². The number of furan rings is 1. The Bertz CT molecular complexity index is 3710. The van der Waals surface area contributed by atoms with E-state index >= 15 is 0 Å². The summed E-state index contributed by atoms with van der Waals surface area (Å²) in [6, 6.07) is 84.2. The molecule has 0 bridgehead atoms. The summed E-state index contributed by atoms with van der Waals surface area (Å²) in [5.74, 6) is 0. The number of hydrogen-bond donors (Lipinski definition) is 0. The molecule has 0 saturated carbocycles. The molecule has 0 N–H and O–H groups in total. The van der Waals surface area contributed by atoms with Gasteiger partial charge in [-0.25, -0.2) is 0 Å². The van der Waals surface area contributed by atoms with Gasteiger partial charge in [0.2, 0.25) is 0 Å². The molecule has 12 aromatic rings. The van der Waals surface area contributed by atoms with Gasteiger partial charge in [0.15, 0.2) is 0 Å². The third-order valence-corrected chi connectivity index (χ3v) is 15.0. The maximum absolute atomic E-state index is 7.41. The van der Waals surface area contributed by atoms with Gasteiger partial charge in [-0.1, -0.05) is 158 Å². The highest BCUT2D eigenvalue weighted by molar-refractivity contribution is 7.26. The van der Waals surface area contributed by atoms with Crippen LogP contribution in [0.2, 0.25) is 0 Å². The molecule has 0 radical (unpaired) electrons. The first-order valence-corrected chi connectivity index (χ1v) is 23.1. The molecule has 304 valence electrons. The smallest absolute Gasteiger partial charge is 0.145 e. The van der Waals surface area contributed by atoms with Crippen LogP contribution in [0.3, 0.4) is 0 Å². The minimum Gasteiger partial charge on any atom is -0.455 e. The molecule has 0 fully saturated rings. The third kappa shape index (κ3) is 5.00. The zero-order valence-electron chi connectivity index (χ0n) is 35.2. The first-order valence-electron chi connectivity index (χ1n) is 22.3. The summed E-state index contributed by atoms with van der Waals surface area (Å²) < 4.78 is 9.91. The molecule has 10 aromatic carbocycles. The molecule has 0 unspecified atom stereocenters. The van der Waals surface area contributed by atoms with Crippen molar-refractivity contribution in [3.63, 3.8) is 0 Å². The van der Waals surface area contributed by atoms with Gasteiger partial charge in [-0.05, 0) is 112 Å². The summed E-state index contributed by atoms with van der Waals surface area (Å²) in [4.78, 5) is 4.90. The molecule has 14 rings (SSSR count). The van der Waals surface area contributed by atoms with E-state index in [0.717, 1.165) is 61.6 Å². The second-order valence-electron chi connectivity index (χ2n) is 17.1. The molecule has 4 heteroatoms. The Balaban J connectivity index is 1.23. The Kier molecular flexibility index (Phi) is 7.77. The fourth-order valence-corrected chi connectivity index (χ4v) is 12.5. The average Bonchev–Trinajstić information content (AvgIpc) is 4.11. The average molecular weight is 847 g/mol. The maximum atomic E-state index is 7.41. The summed E-state index contributed by atoms with van der Waals surface area (Å²) >= 11 is 1.88. The van der Waals surface area contributed by atoms with E-state index in [1.807, 2.05) is 11.3 Å². The second-order valence-corrected chi connectivity index (χ2v) is 18.1. The van der Waals surface area contributed by atoms with Gasteiger partial charge in [-0.2, -0.15) is 0 Å². The highest BCUT2D eigenvalue weighted by atomic mass is 32.1. The summed E-state index contributed by atoms with van der Waals surface area (Å²) in [5.41, 5.74) is 17.7. The molecule has 0 amide bonds. The number of nitrogens with zero attached hydrogens (tertiary/aromatic N) is 2. The zero-order chi connectivity index (χ0) is 42.6. The Morgan fingerprint density at radius 2 is 0.815 bits per heavy atom. The van der Waals surface area contributed by atoms with E-state index in [1.165, 1.54) is 59.1 Å². The van der Waals surface area contributed by atoms with Crippen molar-refractivity contribution in [2.24, 2.45) is 0 Å². The largest absolute Gasteiger partial charge is 0.455 e. The zero-order valence-corrected chi connectivity index (χ0v) is 36.0. The predicted octanol–water partition coefficient (Wildman–Crippen LogP) is 17.2. The van der Waals surface area contributed by atoms with Gasteiger partial charge in [0.25, 0.3) is 0 Å². The molecular weight excluding hydrogens is 809 g/mol. The number of benzene rings is 10. The summed E-state index contributed by atoms with van der Waals surface area (Å²) in [6.07, 6.45) is 0. The predicted molar refractivity (Wildman–Crippen MR) is 272 cm³/mol. The Labute approximate surface area is 380 Å². The van der Waals surface area contributed by atoms with E-state index in [0.29, 0.717) is 0 Å². The Morgan fingerprint density at radius 3 is 1.40 bits per heavy atom. The molecule has 65 heavy (non-hydrogen) atoms. The van der Waals surface area contributed by atoms with Crippen molar-refractivity contribution in [2.45, 2.75) is 5.41 Å². The van der Waals surface area contributed by atoms with Crippen LogP contribution in [0, 0.1) is 0 Å². The van der Waals surface area contributed by atoms with Crippen LogP contribution in [0.15, 0.2) is 235 Å². The van der Waals surface area contributed by atoms with Crippen molar-refractivity contribution in [1.82, 2.24) is 0 Å². The number of para-hydroxylation sites is 5. The number of fused-ring (bicyclic) bond motifs is 18. The maximum Gasteiger partial charge on any atom is 0.145 e. The first-order chi connectivity index (χ1) is 32.3. The van der Waals surface area contributed by atoms with Crippen molar-refractivity contribution >= 4 is 87.6 Å². The van der Waals surface area contributed by atoms with Crippen LogP contribution in [-0.4, -0.2) is 0 Å². The minimum absolute atomic E-state index is 0.705. The van der Waals surface area contributed by atoms with Gasteiger partial charge in [0.1, 0.15) is 11.2 Å². The van der Waals surface area contributed by atoms with E-state index in [-0.39, 0.29) is 0 Å². The number of hydrogen-bond acceptors (Lipinski definition) is 4. The summed E-state index contributed by atoms with van der Waals surface area (Å²) in [6.45, 7) is 0. The number of rotatable bonds is 6. The van der Waals surface area contributed by atoms with Gasteiger partial charge in [-0.15, -0.1) is 11.3 Å². The number of thiophene rings is 1. The Morgan fingerprint density at radius 1 is 0.369 bits per heavy atom. The lowest BCUT2D eigenvalue weighted by molar-refractivity contribution is 0.669. The second kappa shape index (κ2) is 13.9. The molecule has 2 heterocycles. The fraction of sp³-hybridized carbons (Fsp3) is 0.0164. The van der Waals surface area contributed by atoms with E-state index in [9.17, 15) is 0 Å². The van der Waals surface area contributed by atoms with Gasteiger partial charge in [-0.3, -0.25) is 0 Å². The van der Waals surface area contributed by atoms with Gasteiger partial charge in [0, 0.05) is 49.2 Å². The number of anilines is 6. The molecule has 3 nitrogen and oxygen atoms in total. The molecule has 1 spiro atoms. The lowest BCUT2D eigenvalue weighted by Gasteiger charge is -2.33. The standard InChI is InChI=1S/C61H38N2OS/c1-5-21-39(22-6-1)62(40-23-7-2-8-24-40)51-37-50-58(59-55(51)45-31-15-19-35-53(45)64-59)57-49(61(50)47-33-17-13-29-43(47)44-30-14-18-34-48(44)61)38-52(60-56(57)46-32-16-20-36-54(46)65-60)63(41-25-9-3-10-26-41)42-27-11-4-12-28-42/h1-38H. The normalized spacial score (nSPS) is 13.0. The van der Waals surface area contributed by atoms with Crippen molar-refractivity contribution in [2.75, 3.05) is 9.80 Å². The van der Waals surface area contributed by atoms with Crippen LogP contribution in [0.1, 0.15) is 22.3 Å². The highest BCUT2D eigenvalue weighted by Crippen LogP contribution is 2.68. The molecule has 2 aromatic heterocycles. The molecular formula is C61H38N2OS. The highest BCUT2D eigenvalue weighted by Gasteiger charge is 2.54. The molecule has 0 aliphatic heterocycles. The van der Waals surface area contributed by atoms with Crippen molar-refractivity contribution in [3.05, 3.63) is 253 Å². The van der Waals surface area contributed by atoms with Crippen LogP contribution in [-0.2, 0) is 5.41 Å². The summed E-state index contributed by atoms with van der Waals surface area (Å²) in [7, 11) is 0. The lowest BCUT2D eigenvalue weighted by atomic mass is 9.70. The van der Waals surface area contributed by atoms with E-state index < -0.39 is 5.41 Å². The minimum atomic E-state index is -0.705. The van der Waals surface area contributed by atoms with Crippen LogP contribution >= 0.6 is 11.3 Å².